The Bertz CT molecular complexity index is 500. The fourth-order valence-electron chi connectivity index (χ4n) is 1.22. The highest BCUT2D eigenvalue weighted by Gasteiger charge is 2.05. The summed E-state index contributed by atoms with van der Waals surface area (Å²) >= 11 is 3.28. The Morgan fingerprint density at radius 1 is 1.00 bits per heavy atom. The average molecular weight is 270 g/mol. The summed E-state index contributed by atoms with van der Waals surface area (Å²) < 4.78 is 26.5. The van der Waals surface area contributed by atoms with E-state index in [1.165, 1.54) is 6.07 Å². The predicted molar refractivity (Wildman–Crippen MR) is 57.3 cm³/mol. The smallest absolute Gasteiger partial charge is 0.159 e. The predicted octanol–water partition coefficient (Wildman–Crippen LogP) is 3.79. The van der Waals surface area contributed by atoms with E-state index in [1.807, 2.05) is 0 Å². The second kappa shape index (κ2) is 4.06. The van der Waals surface area contributed by atoms with Crippen LogP contribution < -0.4 is 0 Å². The molecule has 0 aliphatic carbocycles. The van der Waals surface area contributed by atoms with E-state index < -0.39 is 11.6 Å². The summed E-state index contributed by atoms with van der Waals surface area (Å²) in [5.74, 6) is -1.72. The molecule has 0 unspecified atom stereocenters. The van der Waals surface area contributed by atoms with Crippen LogP contribution in [0.5, 0.6) is 0 Å². The van der Waals surface area contributed by atoms with Crippen molar-refractivity contribution in [1.29, 1.82) is 0 Å². The maximum atomic E-state index is 13.0. The number of halogens is 3. The minimum atomic E-state index is -0.866. The van der Waals surface area contributed by atoms with Crippen LogP contribution in [0, 0.1) is 11.6 Å². The topological polar surface area (TPSA) is 12.9 Å². The van der Waals surface area contributed by atoms with Gasteiger partial charge < -0.3 is 0 Å². The SMILES string of the molecule is Fc1ccc(-c2cc(Br)ccn2)cc1F. The highest BCUT2D eigenvalue weighted by atomic mass is 79.9. The van der Waals surface area contributed by atoms with Crippen molar-refractivity contribution in [3.8, 4) is 11.3 Å². The lowest BCUT2D eigenvalue weighted by molar-refractivity contribution is 0.509. The average Bonchev–Trinajstić information content (AvgIpc) is 2.22. The van der Waals surface area contributed by atoms with Crippen LogP contribution in [0.2, 0.25) is 0 Å². The first-order chi connectivity index (χ1) is 7.16. The first-order valence-electron chi connectivity index (χ1n) is 4.24. The second-order valence-electron chi connectivity index (χ2n) is 2.99. The van der Waals surface area contributed by atoms with Crippen molar-refractivity contribution < 1.29 is 8.78 Å². The quantitative estimate of drug-likeness (QED) is 0.768. The molecule has 0 aliphatic rings. The number of aromatic nitrogens is 1. The fraction of sp³-hybridized carbons (Fsp3) is 0. The van der Waals surface area contributed by atoms with E-state index in [1.54, 1.807) is 18.3 Å². The molecular weight excluding hydrogens is 264 g/mol. The maximum Gasteiger partial charge on any atom is 0.159 e. The molecule has 0 saturated heterocycles. The van der Waals surface area contributed by atoms with Gasteiger partial charge in [-0.3, -0.25) is 4.98 Å². The standard InChI is InChI=1S/C11H6BrF2N/c12-8-3-4-15-11(6-8)7-1-2-9(13)10(14)5-7/h1-6H. The molecule has 4 heteroatoms. The zero-order chi connectivity index (χ0) is 10.8. The third-order valence-corrected chi connectivity index (χ3v) is 2.43. The summed E-state index contributed by atoms with van der Waals surface area (Å²) in [5.41, 5.74) is 1.15. The van der Waals surface area contributed by atoms with Crippen LogP contribution in [0.3, 0.4) is 0 Å². The van der Waals surface area contributed by atoms with Gasteiger partial charge in [-0.25, -0.2) is 8.78 Å². The molecule has 0 amide bonds. The lowest BCUT2D eigenvalue weighted by Gasteiger charge is -2.01. The molecule has 0 bridgehead atoms. The van der Waals surface area contributed by atoms with Crippen molar-refractivity contribution in [3.05, 3.63) is 52.6 Å². The van der Waals surface area contributed by atoms with Gasteiger partial charge in [-0.2, -0.15) is 0 Å². The van der Waals surface area contributed by atoms with Gasteiger partial charge in [0.2, 0.25) is 0 Å². The van der Waals surface area contributed by atoms with Gasteiger partial charge in [-0.05, 0) is 30.3 Å². The lowest BCUT2D eigenvalue weighted by atomic mass is 10.1. The molecule has 1 aromatic heterocycles. The number of nitrogens with zero attached hydrogens (tertiary/aromatic N) is 1. The van der Waals surface area contributed by atoms with Gasteiger partial charge in [0, 0.05) is 16.2 Å². The van der Waals surface area contributed by atoms with E-state index in [9.17, 15) is 8.78 Å². The van der Waals surface area contributed by atoms with Gasteiger partial charge in [0.25, 0.3) is 0 Å². The summed E-state index contributed by atoms with van der Waals surface area (Å²) in [7, 11) is 0. The molecule has 0 radical (unpaired) electrons. The minimum absolute atomic E-state index is 0.551. The summed E-state index contributed by atoms with van der Waals surface area (Å²) in [6, 6.07) is 7.22. The largest absolute Gasteiger partial charge is 0.256 e. The Balaban J connectivity index is 2.50. The Hall–Kier alpha value is -1.29. The molecular formula is C11H6BrF2N. The molecule has 15 heavy (non-hydrogen) atoms. The number of hydrogen-bond donors (Lipinski definition) is 0. The van der Waals surface area contributed by atoms with E-state index in [-0.39, 0.29) is 0 Å². The van der Waals surface area contributed by atoms with Gasteiger partial charge >= 0.3 is 0 Å². The lowest BCUT2D eigenvalue weighted by Crippen LogP contribution is -1.87. The summed E-state index contributed by atoms with van der Waals surface area (Å²) in [4.78, 5) is 4.06. The molecule has 0 saturated carbocycles. The number of hydrogen-bond acceptors (Lipinski definition) is 1. The number of pyridine rings is 1. The zero-order valence-corrected chi connectivity index (χ0v) is 9.13. The Morgan fingerprint density at radius 3 is 2.47 bits per heavy atom. The molecule has 1 nitrogen and oxygen atoms in total. The molecule has 2 aromatic rings. The van der Waals surface area contributed by atoms with Crippen molar-refractivity contribution in [2.24, 2.45) is 0 Å². The minimum Gasteiger partial charge on any atom is -0.256 e. The molecule has 2 rings (SSSR count). The normalized spacial score (nSPS) is 10.3. The van der Waals surface area contributed by atoms with Crippen LogP contribution in [0.1, 0.15) is 0 Å². The fourth-order valence-corrected chi connectivity index (χ4v) is 1.55. The Kier molecular flexibility index (Phi) is 2.77. The highest BCUT2D eigenvalue weighted by molar-refractivity contribution is 9.10. The third kappa shape index (κ3) is 2.21. The van der Waals surface area contributed by atoms with E-state index in [0.29, 0.717) is 11.3 Å². The second-order valence-corrected chi connectivity index (χ2v) is 3.90. The Labute approximate surface area is 93.9 Å². The molecule has 1 aromatic carbocycles. The van der Waals surface area contributed by atoms with Crippen molar-refractivity contribution in [2.75, 3.05) is 0 Å². The van der Waals surface area contributed by atoms with Gasteiger partial charge in [-0.15, -0.1) is 0 Å². The molecule has 0 aliphatic heterocycles. The van der Waals surface area contributed by atoms with E-state index in [0.717, 1.165) is 16.6 Å². The number of benzene rings is 1. The number of rotatable bonds is 1. The van der Waals surface area contributed by atoms with Crippen LogP contribution in [-0.2, 0) is 0 Å². The van der Waals surface area contributed by atoms with Crippen LogP contribution in [0.4, 0.5) is 8.78 Å². The monoisotopic (exact) mass is 269 g/mol. The molecule has 0 atom stereocenters. The third-order valence-electron chi connectivity index (χ3n) is 1.94. The molecule has 0 fully saturated rings. The molecule has 1 heterocycles. The Morgan fingerprint density at radius 2 is 1.80 bits per heavy atom. The van der Waals surface area contributed by atoms with E-state index in [2.05, 4.69) is 20.9 Å². The van der Waals surface area contributed by atoms with Crippen molar-refractivity contribution in [3.63, 3.8) is 0 Å². The van der Waals surface area contributed by atoms with E-state index >= 15 is 0 Å². The van der Waals surface area contributed by atoms with Gasteiger partial charge in [0.15, 0.2) is 11.6 Å². The van der Waals surface area contributed by atoms with Gasteiger partial charge in [0.05, 0.1) is 5.69 Å². The molecule has 0 spiro atoms. The van der Waals surface area contributed by atoms with Crippen LogP contribution in [0.25, 0.3) is 11.3 Å². The van der Waals surface area contributed by atoms with Crippen molar-refractivity contribution in [2.45, 2.75) is 0 Å². The summed E-state index contributed by atoms with van der Waals surface area (Å²) in [5, 5.41) is 0. The molecule has 76 valence electrons. The molecule has 0 N–H and O–H groups in total. The summed E-state index contributed by atoms with van der Waals surface area (Å²) in [6.07, 6.45) is 1.60. The zero-order valence-electron chi connectivity index (χ0n) is 7.55. The van der Waals surface area contributed by atoms with Gasteiger partial charge in [0.1, 0.15) is 0 Å². The van der Waals surface area contributed by atoms with Gasteiger partial charge in [-0.1, -0.05) is 15.9 Å². The van der Waals surface area contributed by atoms with Crippen LogP contribution >= 0.6 is 15.9 Å². The van der Waals surface area contributed by atoms with Crippen LogP contribution in [0.15, 0.2) is 41.0 Å². The highest BCUT2D eigenvalue weighted by Crippen LogP contribution is 2.22. The van der Waals surface area contributed by atoms with E-state index in [4.69, 9.17) is 0 Å². The van der Waals surface area contributed by atoms with Crippen molar-refractivity contribution in [1.82, 2.24) is 4.98 Å². The summed E-state index contributed by atoms with van der Waals surface area (Å²) in [6.45, 7) is 0. The van der Waals surface area contributed by atoms with Crippen LogP contribution in [-0.4, -0.2) is 4.98 Å². The first-order valence-corrected chi connectivity index (χ1v) is 5.03. The van der Waals surface area contributed by atoms with Crippen molar-refractivity contribution >= 4 is 15.9 Å². The maximum absolute atomic E-state index is 13.0. The first kappa shape index (κ1) is 10.2.